The number of ether oxygens (including phenoxy) is 1. The van der Waals surface area contributed by atoms with Gasteiger partial charge in [-0.2, -0.15) is 5.26 Å². The molecular weight excluding hydrogens is 336 g/mol. The fourth-order valence-corrected chi connectivity index (χ4v) is 3.27. The van der Waals surface area contributed by atoms with Crippen molar-refractivity contribution in [3.05, 3.63) is 53.8 Å². The van der Waals surface area contributed by atoms with Crippen LogP contribution in [0, 0.1) is 11.3 Å². The predicted molar refractivity (Wildman–Crippen MR) is 94.8 cm³/mol. The van der Waals surface area contributed by atoms with Gasteiger partial charge in [0.25, 0.3) is 5.91 Å². The molecule has 0 bridgehead atoms. The minimum Gasteiger partial charge on any atom is -0.450 e. The molecule has 128 valence electrons. The molecule has 1 saturated heterocycles. The molecule has 1 aromatic carbocycles. The molecule has 0 spiro atoms. The molecule has 1 aromatic heterocycles. The molecule has 25 heavy (non-hydrogen) atoms. The lowest BCUT2D eigenvalue weighted by Crippen LogP contribution is -2.32. The monoisotopic (exact) mass is 354 g/mol. The first-order valence-corrected chi connectivity index (χ1v) is 8.90. The quantitative estimate of drug-likeness (QED) is 0.633. The van der Waals surface area contributed by atoms with Crippen molar-refractivity contribution < 1.29 is 13.9 Å². The number of nitrogens with one attached hydrogen (secondary N) is 1. The summed E-state index contributed by atoms with van der Waals surface area (Å²) in [6.45, 7) is 1.15. The molecule has 5 nitrogen and oxygen atoms in total. The highest BCUT2D eigenvalue weighted by atomic mass is 32.2. The average molecular weight is 354 g/mol. The van der Waals surface area contributed by atoms with Crippen molar-refractivity contribution in [3.8, 4) is 6.07 Å². The van der Waals surface area contributed by atoms with Gasteiger partial charge in [0.2, 0.25) is 0 Å². The Bertz CT molecular complexity index is 787. The lowest BCUT2D eigenvalue weighted by atomic mass is 10.2. The van der Waals surface area contributed by atoms with E-state index in [4.69, 9.17) is 9.15 Å². The van der Waals surface area contributed by atoms with Crippen LogP contribution in [0.4, 0.5) is 0 Å². The van der Waals surface area contributed by atoms with Crippen molar-refractivity contribution in [2.75, 3.05) is 13.2 Å². The second-order valence-corrected chi connectivity index (χ2v) is 6.66. The highest BCUT2D eigenvalue weighted by molar-refractivity contribution is 7.99. The molecule has 1 atom stereocenters. The van der Waals surface area contributed by atoms with E-state index in [2.05, 4.69) is 5.32 Å². The Kier molecular flexibility index (Phi) is 5.94. The van der Waals surface area contributed by atoms with Crippen molar-refractivity contribution >= 4 is 23.7 Å². The molecule has 1 aliphatic heterocycles. The Balaban J connectivity index is 1.61. The minimum absolute atomic E-state index is 0.0172. The first-order chi connectivity index (χ1) is 12.2. The zero-order valence-corrected chi connectivity index (χ0v) is 14.4. The fourth-order valence-electron chi connectivity index (χ4n) is 2.47. The van der Waals surface area contributed by atoms with Gasteiger partial charge < -0.3 is 14.5 Å². The maximum Gasteiger partial charge on any atom is 0.262 e. The third kappa shape index (κ3) is 4.99. The second-order valence-electron chi connectivity index (χ2n) is 5.59. The van der Waals surface area contributed by atoms with Crippen molar-refractivity contribution in [1.29, 1.82) is 5.26 Å². The third-order valence-corrected chi connectivity index (χ3v) is 4.66. The zero-order chi connectivity index (χ0) is 17.5. The van der Waals surface area contributed by atoms with Crippen LogP contribution in [0.1, 0.15) is 18.6 Å². The van der Waals surface area contributed by atoms with Crippen molar-refractivity contribution in [1.82, 2.24) is 5.32 Å². The van der Waals surface area contributed by atoms with Crippen LogP contribution >= 0.6 is 11.8 Å². The molecule has 1 amide bonds. The maximum atomic E-state index is 12.1. The van der Waals surface area contributed by atoms with Crippen LogP contribution < -0.4 is 5.32 Å². The number of amides is 1. The SMILES string of the molecule is N#C/C(=C/c1ccc(Sc2ccccc2)o1)C(=O)NC[C@@H]1CCCO1. The van der Waals surface area contributed by atoms with E-state index in [-0.39, 0.29) is 11.7 Å². The summed E-state index contributed by atoms with van der Waals surface area (Å²) in [6, 6.07) is 15.3. The number of carbonyl (C=O) groups is 1. The highest BCUT2D eigenvalue weighted by Crippen LogP contribution is 2.29. The average Bonchev–Trinajstić information content (AvgIpc) is 3.30. The lowest BCUT2D eigenvalue weighted by Gasteiger charge is -2.09. The Morgan fingerprint density at radius 2 is 2.16 bits per heavy atom. The summed E-state index contributed by atoms with van der Waals surface area (Å²) in [7, 11) is 0. The molecule has 0 saturated carbocycles. The Morgan fingerprint density at radius 3 is 2.88 bits per heavy atom. The van der Waals surface area contributed by atoms with Gasteiger partial charge in [0.15, 0.2) is 5.09 Å². The third-order valence-electron chi connectivity index (χ3n) is 3.73. The summed E-state index contributed by atoms with van der Waals surface area (Å²) < 4.78 is 11.1. The standard InChI is InChI=1S/C19H18N2O3S/c20-12-14(19(22)21-13-16-5-4-10-23-16)11-15-8-9-18(24-15)25-17-6-2-1-3-7-17/h1-3,6-9,11,16H,4-5,10,13H2,(H,21,22)/b14-11-/t16-/m0/s1. The predicted octanol–water partition coefficient (Wildman–Crippen LogP) is 3.63. The van der Waals surface area contributed by atoms with Crippen LogP contribution in [-0.4, -0.2) is 25.2 Å². The molecule has 0 unspecified atom stereocenters. The van der Waals surface area contributed by atoms with E-state index < -0.39 is 5.91 Å². The Hall–Kier alpha value is -2.49. The van der Waals surface area contributed by atoms with Gasteiger partial charge in [-0.25, -0.2) is 0 Å². The van der Waals surface area contributed by atoms with Gasteiger partial charge in [0.05, 0.1) is 6.10 Å². The minimum atomic E-state index is -0.410. The van der Waals surface area contributed by atoms with Gasteiger partial charge in [0, 0.05) is 24.1 Å². The van der Waals surface area contributed by atoms with E-state index >= 15 is 0 Å². The summed E-state index contributed by atoms with van der Waals surface area (Å²) in [4.78, 5) is 13.2. The van der Waals surface area contributed by atoms with Crippen LogP contribution in [-0.2, 0) is 9.53 Å². The smallest absolute Gasteiger partial charge is 0.262 e. The van der Waals surface area contributed by atoms with Gasteiger partial charge in [-0.1, -0.05) is 30.0 Å². The highest BCUT2D eigenvalue weighted by Gasteiger charge is 2.18. The molecule has 0 aliphatic carbocycles. The van der Waals surface area contributed by atoms with E-state index in [1.807, 2.05) is 42.5 Å². The van der Waals surface area contributed by atoms with Crippen LogP contribution in [0.3, 0.4) is 0 Å². The van der Waals surface area contributed by atoms with Gasteiger partial charge in [-0.05, 0) is 37.1 Å². The largest absolute Gasteiger partial charge is 0.450 e. The molecule has 0 radical (unpaired) electrons. The van der Waals surface area contributed by atoms with Crippen LogP contribution in [0.25, 0.3) is 6.08 Å². The van der Waals surface area contributed by atoms with Crippen molar-refractivity contribution in [2.45, 2.75) is 28.9 Å². The van der Waals surface area contributed by atoms with E-state index in [1.54, 1.807) is 6.07 Å². The van der Waals surface area contributed by atoms with Crippen LogP contribution in [0.2, 0.25) is 0 Å². The summed E-state index contributed by atoms with van der Waals surface area (Å²) in [6.07, 6.45) is 3.45. The number of hydrogen-bond donors (Lipinski definition) is 1. The first kappa shape index (κ1) is 17.3. The molecule has 3 rings (SSSR count). The summed E-state index contributed by atoms with van der Waals surface area (Å²) >= 11 is 1.48. The number of nitriles is 1. The first-order valence-electron chi connectivity index (χ1n) is 8.09. The summed E-state index contributed by atoms with van der Waals surface area (Å²) in [5.41, 5.74) is 0.0172. The summed E-state index contributed by atoms with van der Waals surface area (Å²) in [5.74, 6) is 0.0638. The number of nitrogens with zero attached hydrogens (tertiary/aromatic N) is 1. The maximum absolute atomic E-state index is 12.1. The van der Waals surface area contributed by atoms with Gasteiger partial charge in [-0.3, -0.25) is 4.79 Å². The van der Waals surface area contributed by atoms with Gasteiger partial charge in [0.1, 0.15) is 17.4 Å². The Labute approximate surface area is 150 Å². The van der Waals surface area contributed by atoms with Crippen LogP contribution in [0.15, 0.2) is 62.4 Å². The number of furan rings is 1. The molecule has 2 heterocycles. The molecule has 1 fully saturated rings. The topological polar surface area (TPSA) is 75.3 Å². The van der Waals surface area contributed by atoms with E-state index in [1.165, 1.54) is 17.8 Å². The molecule has 1 aliphatic rings. The van der Waals surface area contributed by atoms with Crippen LogP contribution in [0.5, 0.6) is 0 Å². The molecule has 1 N–H and O–H groups in total. The van der Waals surface area contributed by atoms with E-state index in [9.17, 15) is 10.1 Å². The zero-order valence-electron chi connectivity index (χ0n) is 13.6. The molecule has 6 heteroatoms. The summed E-state index contributed by atoms with van der Waals surface area (Å²) in [5, 5.41) is 12.7. The number of benzene rings is 1. The van der Waals surface area contributed by atoms with Gasteiger partial charge >= 0.3 is 0 Å². The van der Waals surface area contributed by atoms with Crippen molar-refractivity contribution in [3.63, 3.8) is 0 Å². The number of rotatable bonds is 6. The second kappa shape index (κ2) is 8.56. The number of carbonyl (C=O) groups excluding carboxylic acids is 1. The van der Waals surface area contributed by atoms with Gasteiger partial charge in [-0.15, -0.1) is 0 Å². The Morgan fingerprint density at radius 1 is 1.32 bits per heavy atom. The lowest BCUT2D eigenvalue weighted by molar-refractivity contribution is -0.117. The normalized spacial score (nSPS) is 17.2. The molecular formula is C19H18N2O3S. The van der Waals surface area contributed by atoms with E-state index in [0.29, 0.717) is 17.4 Å². The van der Waals surface area contributed by atoms with E-state index in [0.717, 1.165) is 24.3 Å². The molecule has 2 aromatic rings. The fraction of sp³-hybridized carbons (Fsp3) is 0.263. The van der Waals surface area contributed by atoms with Crippen molar-refractivity contribution in [2.24, 2.45) is 0 Å². The number of hydrogen-bond acceptors (Lipinski definition) is 5.